The van der Waals surface area contributed by atoms with Crippen molar-refractivity contribution in [3.63, 3.8) is 0 Å². The van der Waals surface area contributed by atoms with Crippen LogP contribution >= 0.6 is 0 Å². The smallest absolute Gasteiger partial charge is 0.0174 e. The van der Waals surface area contributed by atoms with Crippen LogP contribution in [0.5, 0.6) is 0 Å². The van der Waals surface area contributed by atoms with Crippen LogP contribution < -0.4 is 5.73 Å². The Bertz CT molecular complexity index is 140. The molecule has 0 aliphatic heterocycles. The van der Waals surface area contributed by atoms with E-state index >= 15 is 0 Å². The van der Waals surface area contributed by atoms with Gasteiger partial charge in [0.1, 0.15) is 0 Å². The van der Waals surface area contributed by atoms with Crippen LogP contribution in [-0.2, 0) is 0 Å². The average Bonchev–Trinajstić information content (AvgIpc) is 1.98. The van der Waals surface area contributed by atoms with Crippen LogP contribution in [0.25, 0.3) is 0 Å². The summed E-state index contributed by atoms with van der Waals surface area (Å²) in [7, 11) is 0. The Morgan fingerprint density at radius 3 is 2.70 bits per heavy atom. The van der Waals surface area contributed by atoms with Gasteiger partial charge in [-0.15, -0.1) is 0 Å². The number of hydrogen-bond donors (Lipinski definition) is 1. The first kappa shape index (κ1) is 9.18. The zero-order valence-corrected chi connectivity index (χ0v) is 6.51. The summed E-state index contributed by atoms with van der Waals surface area (Å²) >= 11 is 0. The Morgan fingerprint density at radius 1 is 1.60 bits per heavy atom. The maximum absolute atomic E-state index is 5.45. The van der Waals surface area contributed by atoms with Gasteiger partial charge in [-0.2, -0.15) is 0 Å². The van der Waals surface area contributed by atoms with Crippen molar-refractivity contribution in [3.05, 3.63) is 36.5 Å². The average molecular weight is 137 g/mol. The molecule has 0 heterocycles. The molecule has 10 heavy (non-hydrogen) atoms. The van der Waals surface area contributed by atoms with Gasteiger partial charge in [-0.25, -0.2) is 0 Å². The fraction of sp³-hybridized carbons (Fsp3) is 0.333. The van der Waals surface area contributed by atoms with Crippen molar-refractivity contribution in [2.24, 2.45) is 5.73 Å². The van der Waals surface area contributed by atoms with Crippen molar-refractivity contribution >= 4 is 0 Å². The summed E-state index contributed by atoms with van der Waals surface area (Å²) in [5.74, 6) is 0. The van der Waals surface area contributed by atoms with Gasteiger partial charge >= 0.3 is 0 Å². The normalized spacial score (nSPS) is 12.4. The van der Waals surface area contributed by atoms with Gasteiger partial charge in [0.2, 0.25) is 0 Å². The molecule has 0 atom stereocenters. The molecule has 0 amide bonds. The molecule has 0 unspecified atom stereocenters. The van der Waals surface area contributed by atoms with Gasteiger partial charge in [0, 0.05) is 6.54 Å². The lowest BCUT2D eigenvalue weighted by Gasteiger charge is -1.93. The minimum Gasteiger partial charge on any atom is -0.327 e. The van der Waals surface area contributed by atoms with Crippen molar-refractivity contribution in [2.75, 3.05) is 6.54 Å². The molecule has 0 spiro atoms. The third-order valence-electron chi connectivity index (χ3n) is 1.15. The molecule has 0 bridgehead atoms. The van der Waals surface area contributed by atoms with Crippen molar-refractivity contribution in [1.82, 2.24) is 0 Å². The van der Waals surface area contributed by atoms with Gasteiger partial charge in [0.25, 0.3) is 0 Å². The van der Waals surface area contributed by atoms with Crippen LogP contribution in [0.15, 0.2) is 36.5 Å². The lowest BCUT2D eigenvalue weighted by molar-refractivity contribution is 1.13. The molecule has 56 valence electrons. The SMILES string of the molecule is C=C/C=C\C(=C/CC)CN. The van der Waals surface area contributed by atoms with Gasteiger partial charge in [0.05, 0.1) is 0 Å². The second-order valence-corrected chi connectivity index (χ2v) is 1.99. The van der Waals surface area contributed by atoms with Crippen LogP contribution in [0.3, 0.4) is 0 Å². The second kappa shape index (κ2) is 6.30. The molecule has 0 aromatic heterocycles. The largest absolute Gasteiger partial charge is 0.327 e. The highest BCUT2D eigenvalue weighted by Crippen LogP contribution is 1.95. The highest BCUT2D eigenvalue weighted by molar-refractivity contribution is 5.22. The summed E-state index contributed by atoms with van der Waals surface area (Å²) < 4.78 is 0. The molecule has 0 rings (SSSR count). The maximum atomic E-state index is 5.45. The quantitative estimate of drug-likeness (QED) is 0.589. The third-order valence-corrected chi connectivity index (χ3v) is 1.15. The van der Waals surface area contributed by atoms with E-state index in [1.54, 1.807) is 6.08 Å². The summed E-state index contributed by atoms with van der Waals surface area (Å²) in [6.07, 6.45) is 8.78. The second-order valence-electron chi connectivity index (χ2n) is 1.99. The molecule has 2 N–H and O–H groups in total. The highest BCUT2D eigenvalue weighted by atomic mass is 14.5. The van der Waals surface area contributed by atoms with Gasteiger partial charge < -0.3 is 5.73 Å². The van der Waals surface area contributed by atoms with E-state index in [-0.39, 0.29) is 0 Å². The predicted molar refractivity (Wildman–Crippen MR) is 46.8 cm³/mol. The van der Waals surface area contributed by atoms with E-state index in [2.05, 4.69) is 19.6 Å². The van der Waals surface area contributed by atoms with Gasteiger partial charge in [-0.05, 0) is 12.0 Å². The highest BCUT2D eigenvalue weighted by Gasteiger charge is 1.82. The molecule has 0 aromatic carbocycles. The molecule has 0 saturated heterocycles. The molecule has 0 aliphatic carbocycles. The van der Waals surface area contributed by atoms with Crippen LogP contribution in [-0.4, -0.2) is 6.54 Å². The minimum absolute atomic E-state index is 0.609. The minimum atomic E-state index is 0.609. The molecule has 0 fully saturated rings. The molecule has 1 heteroatoms. The number of rotatable bonds is 4. The lowest BCUT2D eigenvalue weighted by Crippen LogP contribution is -2.00. The molecule has 1 nitrogen and oxygen atoms in total. The first-order valence-corrected chi connectivity index (χ1v) is 3.53. The van der Waals surface area contributed by atoms with Crippen molar-refractivity contribution in [1.29, 1.82) is 0 Å². The predicted octanol–water partition coefficient (Wildman–Crippen LogP) is 2.02. The van der Waals surface area contributed by atoms with Crippen LogP contribution in [0.1, 0.15) is 13.3 Å². The lowest BCUT2D eigenvalue weighted by atomic mass is 10.2. The van der Waals surface area contributed by atoms with E-state index in [9.17, 15) is 0 Å². The molecule has 0 aromatic rings. The van der Waals surface area contributed by atoms with E-state index in [4.69, 9.17) is 5.73 Å². The zero-order valence-electron chi connectivity index (χ0n) is 6.51. The van der Waals surface area contributed by atoms with Crippen LogP contribution in [0.2, 0.25) is 0 Å². The molecule has 0 aliphatic rings. The third kappa shape index (κ3) is 4.10. The van der Waals surface area contributed by atoms with Crippen LogP contribution in [0, 0.1) is 0 Å². The summed E-state index contributed by atoms with van der Waals surface area (Å²) in [5, 5.41) is 0. The Morgan fingerprint density at radius 2 is 2.30 bits per heavy atom. The van der Waals surface area contributed by atoms with Crippen molar-refractivity contribution < 1.29 is 0 Å². The molecule has 0 radical (unpaired) electrons. The Balaban J connectivity index is 3.94. The molecule has 0 saturated carbocycles. The van der Waals surface area contributed by atoms with Crippen molar-refractivity contribution in [2.45, 2.75) is 13.3 Å². The molecular weight excluding hydrogens is 122 g/mol. The van der Waals surface area contributed by atoms with E-state index in [1.807, 2.05) is 12.2 Å². The number of hydrogen-bond acceptors (Lipinski definition) is 1. The van der Waals surface area contributed by atoms with E-state index in [1.165, 1.54) is 5.57 Å². The van der Waals surface area contributed by atoms with E-state index in [0.29, 0.717) is 6.54 Å². The van der Waals surface area contributed by atoms with Crippen LogP contribution in [0.4, 0.5) is 0 Å². The first-order valence-electron chi connectivity index (χ1n) is 3.53. The zero-order chi connectivity index (χ0) is 7.82. The van der Waals surface area contributed by atoms with Crippen molar-refractivity contribution in [3.8, 4) is 0 Å². The number of nitrogens with two attached hydrogens (primary N) is 1. The first-order chi connectivity index (χ1) is 4.85. The monoisotopic (exact) mass is 137 g/mol. The molecular formula is C9H15N. The Hall–Kier alpha value is -0.820. The Kier molecular flexibility index (Phi) is 5.79. The summed E-state index contributed by atoms with van der Waals surface area (Å²) in [5.41, 5.74) is 6.61. The number of allylic oxidation sites excluding steroid dienone is 3. The van der Waals surface area contributed by atoms with E-state index in [0.717, 1.165) is 6.42 Å². The topological polar surface area (TPSA) is 26.0 Å². The van der Waals surface area contributed by atoms with E-state index < -0.39 is 0 Å². The van der Waals surface area contributed by atoms with Gasteiger partial charge in [0.15, 0.2) is 0 Å². The fourth-order valence-electron chi connectivity index (χ4n) is 0.673. The van der Waals surface area contributed by atoms with Gasteiger partial charge in [-0.1, -0.05) is 37.8 Å². The summed E-state index contributed by atoms with van der Waals surface area (Å²) in [6, 6.07) is 0. The summed E-state index contributed by atoms with van der Waals surface area (Å²) in [4.78, 5) is 0. The maximum Gasteiger partial charge on any atom is 0.0174 e. The Labute approximate surface area is 62.9 Å². The van der Waals surface area contributed by atoms with Gasteiger partial charge in [-0.3, -0.25) is 0 Å². The summed E-state index contributed by atoms with van der Waals surface area (Å²) in [6.45, 7) is 6.28. The standard InChI is InChI=1S/C9H15N/c1-3-5-7-9(8-10)6-4-2/h3,5-7H,1,4,8,10H2,2H3/b7-5-,9-6+. The fourth-order valence-corrected chi connectivity index (χ4v) is 0.673.